The molecular weight excluding hydrogens is 240 g/mol. The molecule has 1 heterocycles. The van der Waals surface area contributed by atoms with Crippen LogP contribution in [0, 0.1) is 0 Å². The SMILES string of the molecule is CCOC(=O)C1(NC)CCC(N2CCCC2(C)C)C1. The fraction of sp³-hybridized carbons (Fsp3) is 0.933. The van der Waals surface area contributed by atoms with Crippen molar-refractivity contribution in [1.29, 1.82) is 0 Å². The molecule has 1 aliphatic heterocycles. The van der Waals surface area contributed by atoms with Gasteiger partial charge in [0.2, 0.25) is 0 Å². The number of rotatable bonds is 4. The molecule has 2 unspecified atom stereocenters. The van der Waals surface area contributed by atoms with E-state index >= 15 is 0 Å². The van der Waals surface area contributed by atoms with Crippen molar-refractivity contribution in [3.8, 4) is 0 Å². The predicted molar refractivity (Wildman–Crippen MR) is 76.1 cm³/mol. The van der Waals surface area contributed by atoms with Crippen LogP contribution in [0.5, 0.6) is 0 Å². The van der Waals surface area contributed by atoms with Crippen molar-refractivity contribution >= 4 is 5.97 Å². The second-order valence-electron chi connectivity index (χ2n) is 6.56. The molecule has 1 N–H and O–H groups in total. The molecule has 2 fully saturated rings. The lowest BCUT2D eigenvalue weighted by Gasteiger charge is -2.37. The quantitative estimate of drug-likeness (QED) is 0.791. The van der Waals surface area contributed by atoms with Crippen molar-refractivity contribution in [2.75, 3.05) is 20.2 Å². The van der Waals surface area contributed by atoms with Gasteiger partial charge in [0.05, 0.1) is 6.61 Å². The molecule has 0 aromatic rings. The predicted octanol–water partition coefficient (Wildman–Crippen LogP) is 1.93. The maximum atomic E-state index is 12.2. The van der Waals surface area contributed by atoms with Crippen molar-refractivity contribution in [3.05, 3.63) is 0 Å². The van der Waals surface area contributed by atoms with Gasteiger partial charge in [-0.05, 0) is 66.5 Å². The number of nitrogens with zero attached hydrogens (tertiary/aromatic N) is 1. The first-order chi connectivity index (χ1) is 8.95. The number of nitrogens with one attached hydrogen (secondary N) is 1. The van der Waals surface area contributed by atoms with Crippen LogP contribution in [0.2, 0.25) is 0 Å². The van der Waals surface area contributed by atoms with Gasteiger partial charge in [0.15, 0.2) is 0 Å². The van der Waals surface area contributed by atoms with Gasteiger partial charge in [-0.15, -0.1) is 0 Å². The zero-order valence-electron chi connectivity index (χ0n) is 12.8. The Hall–Kier alpha value is -0.610. The number of ether oxygens (including phenoxy) is 1. The van der Waals surface area contributed by atoms with E-state index in [2.05, 4.69) is 24.1 Å². The molecule has 4 heteroatoms. The minimum absolute atomic E-state index is 0.0722. The van der Waals surface area contributed by atoms with E-state index in [1.165, 1.54) is 19.4 Å². The van der Waals surface area contributed by atoms with Gasteiger partial charge in [0.1, 0.15) is 5.54 Å². The zero-order valence-corrected chi connectivity index (χ0v) is 12.8. The summed E-state index contributed by atoms with van der Waals surface area (Å²) in [4.78, 5) is 14.8. The monoisotopic (exact) mass is 268 g/mol. The van der Waals surface area contributed by atoms with Crippen molar-refractivity contribution in [2.45, 2.75) is 70.0 Å². The highest BCUT2D eigenvalue weighted by molar-refractivity contribution is 5.81. The summed E-state index contributed by atoms with van der Waals surface area (Å²) in [5.74, 6) is -0.0722. The molecule has 2 aliphatic rings. The van der Waals surface area contributed by atoms with E-state index in [9.17, 15) is 4.79 Å². The summed E-state index contributed by atoms with van der Waals surface area (Å²) in [7, 11) is 1.88. The average molecular weight is 268 g/mol. The van der Waals surface area contributed by atoms with Gasteiger partial charge in [-0.3, -0.25) is 9.69 Å². The van der Waals surface area contributed by atoms with Gasteiger partial charge in [0, 0.05) is 11.6 Å². The first-order valence-electron chi connectivity index (χ1n) is 7.58. The molecule has 1 saturated carbocycles. The van der Waals surface area contributed by atoms with E-state index in [1.54, 1.807) is 0 Å². The van der Waals surface area contributed by atoms with Crippen LogP contribution in [0.4, 0.5) is 0 Å². The summed E-state index contributed by atoms with van der Waals surface area (Å²) in [5, 5.41) is 3.24. The maximum Gasteiger partial charge on any atom is 0.326 e. The number of likely N-dealkylation sites (N-methyl/N-ethyl adjacent to an activating group) is 1. The van der Waals surface area contributed by atoms with Crippen molar-refractivity contribution in [3.63, 3.8) is 0 Å². The molecular formula is C15H28N2O2. The Morgan fingerprint density at radius 1 is 1.42 bits per heavy atom. The van der Waals surface area contributed by atoms with Gasteiger partial charge >= 0.3 is 5.97 Å². The van der Waals surface area contributed by atoms with Crippen LogP contribution in [-0.4, -0.2) is 48.2 Å². The highest BCUT2D eigenvalue weighted by Crippen LogP contribution is 2.40. The van der Waals surface area contributed by atoms with E-state index in [-0.39, 0.29) is 11.5 Å². The average Bonchev–Trinajstić information content (AvgIpc) is 2.93. The minimum atomic E-state index is -0.459. The Morgan fingerprint density at radius 3 is 2.68 bits per heavy atom. The van der Waals surface area contributed by atoms with Crippen LogP contribution in [0.15, 0.2) is 0 Å². The topological polar surface area (TPSA) is 41.6 Å². The number of likely N-dealkylation sites (tertiary alicyclic amines) is 1. The molecule has 4 nitrogen and oxygen atoms in total. The summed E-state index contributed by atoms with van der Waals surface area (Å²) < 4.78 is 5.26. The Bertz CT molecular complexity index is 343. The zero-order chi connectivity index (χ0) is 14.1. The molecule has 2 rings (SSSR count). The lowest BCUT2D eigenvalue weighted by Crippen LogP contribution is -2.52. The fourth-order valence-electron chi connectivity index (χ4n) is 3.87. The molecule has 19 heavy (non-hydrogen) atoms. The third-order valence-electron chi connectivity index (χ3n) is 5.04. The van der Waals surface area contributed by atoms with Gasteiger partial charge in [-0.2, -0.15) is 0 Å². The van der Waals surface area contributed by atoms with Gasteiger partial charge in [0.25, 0.3) is 0 Å². The van der Waals surface area contributed by atoms with E-state index in [4.69, 9.17) is 4.74 Å². The normalized spacial score (nSPS) is 34.6. The molecule has 0 bridgehead atoms. The molecule has 0 aromatic carbocycles. The van der Waals surface area contributed by atoms with E-state index < -0.39 is 5.54 Å². The first-order valence-corrected chi connectivity index (χ1v) is 7.58. The largest absolute Gasteiger partial charge is 0.465 e. The van der Waals surface area contributed by atoms with E-state index in [0.717, 1.165) is 19.3 Å². The highest BCUT2D eigenvalue weighted by Gasteiger charge is 2.49. The van der Waals surface area contributed by atoms with Gasteiger partial charge < -0.3 is 10.1 Å². The lowest BCUT2D eigenvalue weighted by atomic mass is 9.96. The minimum Gasteiger partial charge on any atom is -0.465 e. The second-order valence-corrected chi connectivity index (χ2v) is 6.56. The molecule has 0 aromatic heterocycles. The molecule has 2 atom stereocenters. The molecule has 0 spiro atoms. The number of carbonyl (C=O) groups is 1. The van der Waals surface area contributed by atoms with Gasteiger partial charge in [-0.25, -0.2) is 0 Å². The number of hydrogen-bond donors (Lipinski definition) is 1. The van der Waals surface area contributed by atoms with Crippen LogP contribution in [-0.2, 0) is 9.53 Å². The Morgan fingerprint density at radius 2 is 2.16 bits per heavy atom. The molecule has 0 radical (unpaired) electrons. The van der Waals surface area contributed by atoms with Crippen LogP contribution in [0.1, 0.15) is 52.9 Å². The molecule has 1 saturated heterocycles. The van der Waals surface area contributed by atoms with E-state index in [0.29, 0.717) is 12.6 Å². The third kappa shape index (κ3) is 2.65. The van der Waals surface area contributed by atoms with Crippen molar-refractivity contribution in [1.82, 2.24) is 10.2 Å². The Labute approximate surface area is 116 Å². The molecule has 110 valence electrons. The summed E-state index contributed by atoms with van der Waals surface area (Å²) in [6, 6.07) is 0.509. The van der Waals surface area contributed by atoms with Crippen LogP contribution in [0.25, 0.3) is 0 Å². The second kappa shape index (κ2) is 5.41. The summed E-state index contributed by atoms with van der Waals surface area (Å²) in [5.41, 5.74) is -0.178. The third-order valence-corrected chi connectivity index (χ3v) is 5.04. The number of carbonyl (C=O) groups excluding carboxylic acids is 1. The standard InChI is InChI=1S/C15H28N2O2/c1-5-19-13(18)15(16-4)9-7-12(11-15)17-10-6-8-14(17,2)3/h12,16H,5-11H2,1-4H3. The van der Waals surface area contributed by atoms with Crippen LogP contribution in [0.3, 0.4) is 0 Å². The fourth-order valence-corrected chi connectivity index (χ4v) is 3.87. The van der Waals surface area contributed by atoms with E-state index in [1.807, 2.05) is 14.0 Å². The lowest BCUT2D eigenvalue weighted by molar-refractivity contribution is -0.151. The maximum absolute atomic E-state index is 12.2. The van der Waals surface area contributed by atoms with Gasteiger partial charge in [-0.1, -0.05) is 0 Å². The summed E-state index contributed by atoms with van der Waals surface area (Å²) in [6.45, 7) is 8.15. The number of esters is 1. The van der Waals surface area contributed by atoms with Crippen molar-refractivity contribution < 1.29 is 9.53 Å². The smallest absolute Gasteiger partial charge is 0.326 e. The van der Waals surface area contributed by atoms with Crippen LogP contribution >= 0.6 is 0 Å². The Kier molecular flexibility index (Phi) is 4.21. The molecule has 0 amide bonds. The van der Waals surface area contributed by atoms with Crippen molar-refractivity contribution in [2.24, 2.45) is 0 Å². The first kappa shape index (κ1) is 14.8. The summed E-state index contributed by atoms with van der Waals surface area (Å²) in [6.07, 6.45) is 5.39. The highest BCUT2D eigenvalue weighted by atomic mass is 16.5. The summed E-state index contributed by atoms with van der Waals surface area (Å²) >= 11 is 0. The number of hydrogen-bond acceptors (Lipinski definition) is 4. The Balaban J connectivity index is 2.07. The molecule has 1 aliphatic carbocycles. The van der Waals surface area contributed by atoms with Crippen LogP contribution < -0.4 is 5.32 Å².